The van der Waals surface area contributed by atoms with Gasteiger partial charge in [0.2, 0.25) is 0 Å². The SMILES string of the molecule is Cc1cccc2c(CCNS(=O)(=O)N3CCOC(C)C3)c[nH]c12. The molecular formula is C16H23N3O3S. The van der Waals surface area contributed by atoms with E-state index in [0.717, 1.165) is 16.5 Å². The molecule has 0 amide bonds. The van der Waals surface area contributed by atoms with Gasteiger partial charge in [0.1, 0.15) is 0 Å². The van der Waals surface area contributed by atoms with Gasteiger partial charge in [-0.15, -0.1) is 0 Å². The maximum Gasteiger partial charge on any atom is 0.279 e. The molecule has 1 aromatic carbocycles. The highest BCUT2D eigenvalue weighted by Gasteiger charge is 2.26. The third kappa shape index (κ3) is 3.58. The van der Waals surface area contributed by atoms with E-state index in [1.807, 2.05) is 19.2 Å². The van der Waals surface area contributed by atoms with Gasteiger partial charge in [-0.2, -0.15) is 12.7 Å². The van der Waals surface area contributed by atoms with Crippen molar-refractivity contribution in [1.82, 2.24) is 14.0 Å². The Hall–Kier alpha value is -1.41. The number of hydrogen-bond acceptors (Lipinski definition) is 3. The van der Waals surface area contributed by atoms with Crippen LogP contribution >= 0.6 is 0 Å². The maximum absolute atomic E-state index is 12.3. The molecule has 0 spiro atoms. The van der Waals surface area contributed by atoms with Gasteiger partial charge in [0, 0.05) is 36.7 Å². The normalized spacial score (nSPS) is 20.2. The quantitative estimate of drug-likeness (QED) is 0.870. The molecule has 6 nitrogen and oxygen atoms in total. The van der Waals surface area contributed by atoms with Crippen molar-refractivity contribution < 1.29 is 13.2 Å². The predicted molar refractivity (Wildman–Crippen MR) is 90.6 cm³/mol. The highest BCUT2D eigenvalue weighted by Crippen LogP contribution is 2.21. The minimum atomic E-state index is -3.44. The van der Waals surface area contributed by atoms with Crippen LogP contribution in [0.4, 0.5) is 0 Å². The number of benzene rings is 1. The molecule has 0 aliphatic carbocycles. The lowest BCUT2D eigenvalue weighted by Gasteiger charge is -2.30. The van der Waals surface area contributed by atoms with Gasteiger partial charge in [0.05, 0.1) is 12.7 Å². The van der Waals surface area contributed by atoms with Gasteiger partial charge in [-0.05, 0) is 31.4 Å². The van der Waals surface area contributed by atoms with Crippen LogP contribution in [0.15, 0.2) is 24.4 Å². The lowest BCUT2D eigenvalue weighted by Crippen LogP contribution is -2.49. The Morgan fingerprint density at radius 3 is 3.04 bits per heavy atom. The van der Waals surface area contributed by atoms with Crippen LogP contribution in [-0.2, 0) is 21.4 Å². The van der Waals surface area contributed by atoms with Crippen molar-refractivity contribution in [2.24, 2.45) is 0 Å². The van der Waals surface area contributed by atoms with Gasteiger partial charge in [-0.25, -0.2) is 4.72 Å². The van der Waals surface area contributed by atoms with Crippen molar-refractivity contribution in [3.8, 4) is 0 Å². The molecule has 0 bridgehead atoms. The molecule has 1 unspecified atom stereocenters. The van der Waals surface area contributed by atoms with E-state index in [9.17, 15) is 8.42 Å². The Labute approximate surface area is 137 Å². The molecule has 1 aliphatic rings. The minimum Gasteiger partial charge on any atom is -0.376 e. The average molecular weight is 337 g/mol. The smallest absolute Gasteiger partial charge is 0.279 e. The summed E-state index contributed by atoms with van der Waals surface area (Å²) in [6, 6.07) is 6.14. The molecule has 1 aromatic heterocycles. The second-order valence-electron chi connectivity index (χ2n) is 6.00. The van der Waals surface area contributed by atoms with Gasteiger partial charge < -0.3 is 9.72 Å². The van der Waals surface area contributed by atoms with Crippen molar-refractivity contribution in [3.63, 3.8) is 0 Å². The predicted octanol–water partition coefficient (Wildman–Crippen LogP) is 1.57. The van der Waals surface area contributed by atoms with Crippen LogP contribution in [0.5, 0.6) is 0 Å². The first-order valence-electron chi connectivity index (χ1n) is 7.89. The first kappa shape index (κ1) is 16.4. The molecule has 0 radical (unpaired) electrons. The maximum atomic E-state index is 12.3. The van der Waals surface area contributed by atoms with Crippen molar-refractivity contribution in [1.29, 1.82) is 0 Å². The van der Waals surface area contributed by atoms with Crippen molar-refractivity contribution in [3.05, 3.63) is 35.5 Å². The Bertz CT molecular complexity index is 785. The van der Waals surface area contributed by atoms with Gasteiger partial charge in [-0.1, -0.05) is 18.2 Å². The van der Waals surface area contributed by atoms with Crippen LogP contribution in [0.3, 0.4) is 0 Å². The van der Waals surface area contributed by atoms with E-state index in [2.05, 4.69) is 28.8 Å². The molecule has 0 saturated carbocycles. The van der Waals surface area contributed by atoms with Crippen LogP contribution in [-0.4, -0.2) is 50.1 Å². The Morgan fingerprint density at radius 2 is 2.26 bits per heavy atom. The molecule has 1 atom stereocenters. The summed E-state index contributed by atoms with van der Waals surface area (Å²) in [5, 5.41) is 1.16. The van der Waals surface area contributed by atoms with E-state index in [0.29, 0.717) is 32.7 Å². The van der Waals surface area contributed by atoms with E-state index in [4.69, 9.17) is 4.74 Å². The van der Waals surface area contributed by atoms with Crippen LogP contribution in [0, 0.1) is 6.92 Å². The van der Waals surface area contributed by atoms with Crippen LogP contribution in [0.25, 0.3) is 10.9 Å². The Balaban J connectivity index is 1.63. The fourth-order valence-electron chi connectivity index (χ4n) is 2.98. The van der Waals surface area contributed by atoms with Crippen LogP contribution in [0.2, 0.25) is 0 Å². The molecule has 23 heavy (non-hydrogen) atoms. The summed E-state index contributed by atoms with van der Waals surface area (Å²) in [5.74, 6) is 0. The topological polar surface area (TPSA) is 74.4 Å². The van der Waals surface area contributed by atoms with E-state index < -0.39 is 10.2 Å². The first-order valence-corrected chi connectivity index (χ1v) is 9.33. The molecular weight excluding hydrogens is 314 g/mol. The number of nitrogens with zero attached hydrogens (tertiary/aromatic N) is 1. The average Bonchev–Trinajstić information content (AvgIpc) is 2.92. The lowest BCUT2D eigenvalue weighted by atomic mass is 10.1. The van der Waals surface area contributed by atoms with E-state index >= 15 is 0 Å². The van der Waals surface area contributed by atoms with Gasteiger partial charge in [0.15, 0.2) is 0 Å². The standard InChI is InChI=1S/C16H23N3O3S/c1-12-4-3-5-15-14(10-17-16(12)15)6-7-18-23(20,21)19-8-9-22-13(2)11-19/h3-5,10,13,17-18H,6-9,11H2,1-2H3. The molecule has 2 heterocycles. The number of para-hydroxylation sites is 1. The van der Waals surface area contributed by atoms with Crippen LogP contribution in [0.1, 0.15) is 18.1 Å². The van der Waals surface area contributed by atoms with Crippen molar-refractivity contribution >= 4 is 21.1 Å². The summed E-state index contributed by atoms with van der Waals surface area (Å²) >= 11 is 0. The molecule has 126 valence electrons. The molecule has 1 fully saturated rings. The summed E-state index contributed by atoms with van der Waals surface area (Å²) in [6.45, 7) is 5.59. The van der Waals surface area contributed by atoms with Gasteiger partial charge in [0.25, 0.3) is 10.2 Å². The van der Waals surface area contributed by atoms with E-state index in [-0.39, 0.29) is 6.10 Å². The molecule has 3 rings (SSSR count). The zero-order valence-electron chi connectivity index (χ0n) is 13.5. The molecule has 7 heteroatoms. The zero-order valence-corrected chi connectivity index (χ0v) is 14.3. The number of hydrogen-bond donors (Lipinski definition) is 2. The highest BCUT2D eigenvalue weighted by molar-refractivity contribution is 7.87. The summed E-state index contributed by atoms with van der Waals surface area (Å²) in [7, 11) is -3.44. The number of H-pyrrole nitrogens is 1. The number of ether oxygens (including phenoxy) is 1. The second kappa shape index (κ2) is 6.60. The van der Waals surface area contributed by atoms with E-state index in [1.54, 1.807) is 0 Å². The minimum absolute atomic E-state index is 0.0584. The third-order valence-electron chi connectivity index (χ3n) is 4.23. The monoisotopic (exact) mass is 337 g/mol. The van der Waals surface area contributed by atoms with Gasteiger partial charge in [-0.3, -0.25) is 0 Å². The largest absolute Gasteiger partial charge is 0.376 e. The first-order chi connectivity index (χ1) is 11.0. The Kier molecular flexibility index (Phi) is 4.72. The molecule has 2 aromatic rings. The number of morpholine rings is 1. The molecule has 1 saturated heterocycles. The summed E-state index contributed by atoms with van der Waals surface area (Å²) in [5.41, 5.74) is 3.44. The number of rotatable bonds is 5. The van der Waals surface area contributed by atoms with Crippen molar-refractivity contribution in [2.75, 3.05) is 26.2 Å². The van der Waals surface area contributed by atoms with Crippen molar-refractivity contribution in [2.45, 2.75) is 26.4 Å². The van der Waals surface area contributed by atoms with E-state index in [1.165, 1.54) is 9.87 Å². The zero-order chi connectivity index (χ0) is 16.4. The third-order valence-corrected chi connectivity index (χ3v) is 5.81. The number of aryl methyl sites for hydroxylation is 1. The Morgan fingerprint density at radius 1 is 1.43 bits per heavy atom. The summed E-state index contributed by atoms with van der Waals surface area (Å²) < 4.78 is 34.2. The summed E-state index contributed by atoms with van der Waals surface area (Å²) in [6.07, 6.45) is 2.56. The lowest BCUT2D eigenvalue weighted by molar-refractivity contribution is 0.00979. The fraction of sp³-hybridized carbons (Fsp3) is 0.500. The second-order valence-corrected chi connectivity index (χ2v) is 7.76. The molecule has 2 N–H and O–H groups in total. The van der Waals surface area contributed by atoms with Crippen LogP contribution < -0.4 is 4.72 Å². The molecule has 1 aliphatic heterocycles. The fourth-order valence-corrected chi connectivity index (χ4v) is 4.25. The number of nitrogens with one attached hydrogen (secondary N) is 2. The van der Waals surface area contributed by atoms with Gasteiger partial charge >= 0.3 is 0 Å². The highest BCUT2D eigenvalue weighted by atomic mass is 32.2. The number of aromatic amines is 1. The summed E-state index contributed by atoms with van der Waals surface area (Å²) in [4.78, 5) is 3.27. The number of aromatic nitrogens is 1. The number of fused-ring (bicyclic) bond motifs is 1.